The van der Waals surface area contributed by atoms with Gasteiger partial charge < -0.3 is 14.4 Å². The molecule has 1 aromatic heterocycles. The first kappa shape index (κ1) is 16.0. The molecule has 0 aliphatic heterocycles. The molecule has 0 amide bonds. The Morgan fingerprint density at radius 3 is 2.54 bits per heavy atom. The highest BCUT2D eigenvalue weighted by Gasteiger charge is 2.23. The van der Waals surface area contributed by atoms with E-state index in [0.29, 0.717) is 34.5 Å². The molecule has 1 atom stereocenters. The third-order valence-electron chi connectivity index (χ3n) is 4.11. The van der Waals surface area contributed by atoms with E-state index in [1.165, 1.54) is 12.1 Å². The summed E-state index contributed by atoms with van der Waals surface area (Å²) in [5, 5.41) is 20.8. The lowest BCUT2D eigenvalue weighted by atomic mass is 10.1. The van der Waals surface area contributed by atoms with Crippen LogP contribution in [-0.2, 0) is 0 Å². The normalized spacial score (nSPS) is 12.1. The Bertz CT molecular complexity index is 923. The molecule has 0 bridgehead atoms. The number of ether oxygens (including phenoxy) is 1. The van der Waals surface area contributed by atoms with Crippen LogP contribution in [0.25, 0.3) is 16.6 Å². The molecule has 1 unspecified atom stereocenters. The quantitative estimate of drug-likeness (QED) is 0.786. The Labute approximate surface area is 139 Å². The minimum atomic E-state index is -0.803. The SMILES string of the molecule is CCC(O)c1c(C#N)c2cc(OC)ccc2n1-c1ccc(F)cc1. The van der Waals surface area contributed by atoms with Gasteiger partial charge >= 0.3 is 0 Å². The lowest BCUT2D eigenvalue weighted by Gasteiger charge is -2.15. The number of methoxy groups -OCH3 is 1. The molecular formula is C19H17FN2O2. The van der Waals surface area contributed by atoms with Crippen LogP contribution in [0.5, 0.6) is 5.75 Å². The summed E-state index contributed by atoms with van der Waals surface area (Å²) in [7, 11) is 1.56. The molecule has 3 rings (SSSR count). The summed E-state index contributed by atoms with van der Waals surface area (Å²) in [6, 6.07) is 13.6. The number of aromatic nitrogens is 1. The molecule has 0 aliphatic rings. The number of hydrogen-bond donors (Lipinski definition) is 1. The number of fused-ring (bicyclic) bond motifs is 1. The van der Waals surface area contributed by atoms with Crippen molar-refractivity contribution in [3.63, 3.8) is 0 Å². The van der Waals surface area contributed by atoms with Crippen molar-refractivity contribution in [3.8, 4) is 17.5 Å². The molecule has 0 saturated heterocycles. The van der Waals surface area contributed by atoms with E-state index in [4.69, 9.17) is 4.74 Å². The van der Waals surface area contributed by atoms with Crippen LogP contribution in [0.2, 0.25) is 0 Å². The first-order valence-corrected chi connectivity index (χ1v) is 7.67. The molecule has 122 valence electrons. The Morgan fingerprint density at radius 1 is 1.25 bits per heavy atom. The van der Waals surface area contributed by atoms with Gasteiger partial charge in [0.2, 0.25) is 0 Å². The molecule has 0 aliphatic carbocycles. The highest BCUT2D eigenvalue weighted by Crippen LogP contribution is 2.35. The summed E-state index contributed by atoms with van der Waals surface area (Å²) >= 11 is 0. The average molecular weight is 324 g/mol. The predicted molar refractivity (Wildman–Crippen MR) is 89.8 cm³/mol. The summed E-state index contributed by atoms with van der Waals surface area (Å²) in [6.07, 6.45) is -0.341. The molecule has 1 N–H and O–H groups in total. The fourth-order valence-corrected chi connectivity index (χ4v) is 2.91. The van der Waals surface area contributed by atoms with Gasteiger partial charge in [0.1, 0.15) is 17.6 Å². The van der Waals surface area contributed by atoms with Crippen LogP contribution >= 0.6 is 0 Å². The lowest BCUT2D eigenvalue weighted by Crippen LogP contribution is -2.07. The van der Waals surface area contributed by atoms with Crippen LogP contribution in [0, 0.1) is 17.1 Å². The molecule has 4 nitrogen and oxygen atoms in total. The van der Waals surface area contributed by atoms with Crippen molar-refractivity contribution < 1.29 is 14.2 Å². The van der Waals surface area contributed by atoms with Gasteiger partial charge in [-0.15, -0.1) is 0 Å². The average Bonchev–Trinajstić information content (AvgIpc) is 2.95. The largest absolute Gasteiger partial charge is 0.497 e. The van der Waals surface area contributed by atoms with Crippen molar-refractivity contribution in [1.29, 1.82) is 5.26 Å². The summed E-state index contributed by atoms with van der Waals surface area (Å²) in [6.45, 7) is 1.85. The Balaban J connectivity index is 2.41. The van der Waals surface area contributed by atoms with Crippen LogP contribution in [0.4, 0.5) is 4.39 Å². The third-order valence-corrected chi connectivity index (χ3v) is 4.11. The second kappa shape index (κ2) is 6.34. The Morgan fingerprint density at radius 2 is 1.96 bits per heavy atom. The minimum absolute atomic E-state index is 0.338. The van der Waals surface area contributed by atoms with Crippen molar-refractivity contribution in [1.82, 2.24) is 4.57 Å². The maximum Gasteiger partial charge on any atom is 0.123 e. The zero-order valence-electron chi connectivity index (χ0n) is 13.5. The number of nitrogens with zero attached hydrogens (tertiary/aromatic N) is 2. The van der Waals surface area contributed by atoms with E-state index in [9.17, 15) is 14.8 Å². The zero-order valence-corrected chi connectivity index (χ0v) is 13.5. The van der Waals surface area contributed by atoms with E-state index in [1.54, 1.807) is 35.9 Å². The van der Waals surface area contributed by atoms with Gasteiger partial charge in [0.05, 0.1) is 30.0 Å². The summed E-state index contributed by atoms with van der Waals surface area (Å²) in [5.41, 5.74) is 2.37. The fraction of sp³-hybridized carbons (Fsp3) is 0.211. The van der Waals surface area contributed by atoms with E-state index in [-0.39, 0.29) is 5.82 Å². The maximum absolute atomic E-state index is 13.3. The number of nitriles is 1. The molecule has 24 heavy (non-hydrogen) atoms. The first-order chi connectivity index (χ1) is 11.6. The number of halogens is 1. The van der Waals surface area contributed by atoms with E-state index >= 15 is 0 Å². The molecular weight excluding hydrogens is 307 g/mol. The molecule has 1 heterocycles. The van der Waals surface area contributed by atoms with Crippen LogP contribution < -0.4 is 4.74 Å². The summed E-state index contributed by atoms with van der Waals surface area (Å²) < 4.78 is 20.3. The van der Waals surface area contributed by atoms with Crippen LogP contribution in [0.1, 0.15) is 30.7 Å². The van der Waals surface area contributed by atoms with Crippen LogP contribution in [0.3, 0.4) is 0 Å². The van der Waals surface area contributed by atoms with E-state index in [1.807, 2.05) is 13.0 Å². The molecule has 0 saturated carbocycles. The number of aliphatic hydroxyl groups excluding tert-OH is 1. The van der Waals surface area contributed by atoms with Gasteiger partial charge in [0, 0.05) is 11.1 Å². The molecule has 0 fully saturated rings. The van der Waals surface area contributed by atoms with Gasteiger partial charge in [-0.1, -0.05) is 6.92 Å². The highest BCUT2D eigenvalue weighted by atomic mass is 19.1. The summed E-state index contributed by atoms with van der Waals surface area (Å²) in [5.74, 6) is 0.294. The highest BCUT2D eigenvalue weighted by molar-refractivity contribution is 5.91. The second-order valence-electron chi connectivity index (χ2n) is 5.49. The third kappa shape index (κ3) is 2.51. The van der Waals surface area contributed by atoms with Crippen LogP contribution in [0.15, 0.2) is 42.5 Å². The molecule has 0 radical (unpaired) electrons. The second-order valence-corrected chi connectivity index (χ2v) is 5.49. The van der Waals surface area contributed by atoms with Gasteiger partial charge in [-0.05, 0) is 48.9 Å². The smallest absolute Gasteiger partial charge is 0.123 e. The molecule has 0 spiro atoms. The van der Waals surface area contributed by atoms with Gasteiger partial charge in [0.15, 0.2) is 0 Å². The van der Waals surface area contributed by atoms with Crippen molar-refractivity contribution in [2.45, 2.75) is 19.4 Å². The zero-order chi connectivity index (χ0) is 17.3. The number of rotatable bonds is 4. The van der Waals surface area contributed by atoms with Gasteiger partial charge in [-0.3, -0.25) is 0 Å². The van der Waals surface area contributed by atoms with Crippen molar-refractivity contribution >= 4 is 10.9 Å². The van der Waals surface area contributed by atoms with E-state index < -0.39 is 6.10 Å². The molecule has 5 heteroatoms. The number of aliphatic hydroxyl groups is 1. The first-order valence-electron chi connectivity index (χ1n) is 7.67. The number of hydrogen-bond acceptors (Lipinski definition) is 3. The van der Waals surface area contributed by atoms with Crippen LogP contribution in [-0.4, -0.2) is 16.8 Å². The van der Waals surface area contributed by atoms with Crippen molar-refractivity contribution in [2.24, 2.45) is 0 Å². The van der Waals surface area contributed by atoms with Gasteiger partial charge in [0.25, 0.3) is 0 Å². The fourth-order valence-electron chi connectivity index (χ4n) is 2.91. The number of benzene rings is 2. The minimum Gasteiger partial charge on any atom is -0.497 e. The maximum atomic E-state index is 13.3. The van der Waals surface area contributed by atoms with E-state index in [2.05, 4.69) is 6.07 Å². The lowest BCUT2D eigenvalue weighted by molar-refractivity contribution is 0.167. The Kier molecular flexibility index (Phi) is 4.24. The van der Waals surface area contributed by atoms with Crippen molar-refractivity contribution in [3.05, 3.63) is 59.5 Å². The standard InChI is InChI=1S/C19H17FN2O2/c1-3-18(23)19-16(11-21)15-10-14(24-2)8-9-17(15)22(19)13-6-4-12(20)5-7-13/h4-10,18,23H,3H2,1-2H3. The summed E-state index contributed by atoms with van der Waals surface area (Å²) in [4.78, 5) is 0. The molecule has 2 aromatic carbocycles. The van der Waals surface area contributed by atoms with Gasteiger partial charge in [-0.2, -0.15) is 5.26 Å². The Hall–Kier alpha value is -2.84. The predicted octanol–water partition coefficient (Wildman–Crippen LogP) is 4.09. The van der Waals surface area contributed by atoms with Gasteiger partial charge in [-0.25, -0.2) is 4.39 Å². The molecule has 3 aromatic rings. The topological polar surface area (TPSA) is 58.2 Å². The van der Waals surface area contributed by atoms with E-state index in [0.717, 1.165) is 5.52 Å². The monoisotopic (exact) mass is 324 g/mol. The van der Waals surface area contributed by atoms with Crippen molar-refractivity contribution in [2.75, 3.05) is 7.11 Å².